The number of hydrogen-bond donors (Lipinski definition) is 3. The number of ether oxygens (including phenoxy) is 3. The van der Waals surface area contributed by atoms with Crippen molar-refractivity contribution in [3.05, 3.63) is 81.1 Å². The lowest BCUT2D eigenvalue weighted by Crippen LogP contribution is -2.48. The van der Waals surface area contributed by atoms with Gasteiger partial charge in [-0.15, -0.1) is 0 Å². The van der Waals surface area contributed by atoms with Crippen molar-refractivity contribution in [2.45, 2.75) is 65.1 Å². The Balaban J connectivity index is 1.41. The zero-order valence-electron chi connectivity index (χ0n) is 28.5. The molecule has 0 bridgehead atoms. The van der Waals surface area contributed by atoms with Crippen LogP contribution in [-0.4, -0.2) is 55.6 Å². The van der Waals surface area contributed by atoms with Crippen LogP contribution in [0.25, 0.3) is 22.0 Å². The zero-order valence-corrected chi connectivity index (χ0v) is 28.5. The third-order valence-electron chi connectivity index (χ3n) is 9.90. The highest BCUT2D eigenvalue weighted by Crippen LogP contribution is 2.50. The molecule has 1 aromatic heterocycles. The molecular formula is C38H44N4O6. The molecule has 0 saturated heterocycles. The number of fused-ring (bicyclic) bond motifs is 6. The van der Waals surface area contributed by atoms with Crippen LogP contribution in [-0.2, 0) is 29.0 Å². The molecule has 0 saturated carbocycles. The van der Waals surface area contributed by atoms with Gasteiger partial charge >= 0.3 is 0 Å². The molecule has 3 atom stereocenters. The topological polar surface area (TPSA) is 122 Å². The molecule has 1 aliphatic heterocycles. The minimum Gasteiger partial charge on any atom is -0.493 e. The van der Waals surface area contributed by atoms with Gasteiger partial charge in [-0.05, 0) is 71.7 Å². The summed E-state index contributed by atoms with van der Waals surface area (Å²) in [5.41, 5.74) is 6.56. The van der Waals surface area contributed by atoms with Crippen molar-refractivity contribution in [2.24, 2.45) is 5.92 Å². The summed E-state index contributed by atoms with van der Waals surface area (Å²) in [6.45, 7) is 6.64. The van der Waals surface area contributed by atoms with Gasteiger partial charge in [-0.1, -0.05) is 44.5 Å². The monoisotopic (exact) mass is 652 g/mol. The Morgan fingerprint density at radius 3 is 2.50 bits per heavy atom. The predicted octanol–water partition coefficient (Wildman–Crippen LogP) is 5.76. The van der Waals surface area contributed by atoms with E-state index in [9.17, 15) is 14.4 Å². The van der Waals surface area contributed by atoms with Crippen molar-refractivity contribution < 1.29 is 23.8 Å². The number of hydrogen-bond acceptors (Lipinski definition) is 7. The molecule has 2 amide bonds. The highest BCUT2D eigenvalue weighted by atomic mass is 16.5. The van der Waals surface area contributed by atoms with E-state index in [1.165, 1.54) is 17.9 Å². The minimum atomic E-state index is -0.617. The number of benzene rings is 2. The van der Waals surface area contributed by atoms with Gasteiger partial charge in [-0.25, -0.2) is 0 Å². The maximum absolute atomic E-state index is 14.2. The molecule has 0 radical (unpaired) electrons. The van der Waals surface area contributed by atoms with Crippen LogP contribution in [0, 0.1) is 5.92 Å². The standard InChI is InChI=1S/C38H44N4O6/c1-7-21(2)35(38(45)42-17-16-25-24-10-8-9-11-28(24)40-31(25)20-42)41-30-15-13-26-27(19-32(30)44)29(39-22(3)43)14-12-23-18-33(46-4)36(47-5)37(48-6)34(23)26/h8-11,13,15,18-19,21,29,35,40H,7,12,14,16-17,20H2,1-6H3,(H,39,43)(H,41,44). The maximum atomic E-state index is 14.2. The fourth-order valence-electron chi connectivity index (χ4n) is 7.26. The summed E-state index contributed by atoms with van der Waals surface area (Å²) in [6.07, 6.45) is 2.67. The van der Waals surface area contributed by atoms with Crippen molar-refractivity contribution in [3.8, 4) is 28.4 Å². The van der Waals surface area contributed by atoms with E-state index in [2.05, 4.69) is 27.8 Å². The van der Waals surface area contributed by atoms with E-state index >= 15 is 0 Å². The third-order valence-corrected chi connectivity index (χ3v) is 9.90. The van der Waals surface area contributed by atoms with Crippen molar-refractivity contribution >= 4 is 28.4 Å². The Morgan fingerprint density at radius 1 is 1.02 bits per heavy atom. The molecule has 3 N–H and O–H groups in total. The first-order valence-corrected chi connectivity index (χ1v) is 16.6. The lowest BCUT2D eigenvalue weighted by Gasteiger charge is -2.33. The quantitative estimate of drug-likeness (QED) is 0.210. The van der Waals surface area contributed by atoms with Crippen LogP contribution in [0.1, 0.15) is 62.0 Å². The zero-order chi connectivity index (χ0) is 34.1. The first-order valence-electron chi connectivity index (χ1n) is 16.6. The predicted molar refractivity (Wildman–Crippen MR) is 187 cm³/mol. The van der Waals surface area contributed by atoms with Crippen LogP contribution < -0.4 is 30.3 Å². The fourth-order valence-corrected chi connectivity index (χ4v) is 7.26. The summed E-state index contributed by atoms with van der Waals surface area (Å²) < 4.78 is 17.3. The Hall–Kier alpha value is -4.99. The molecule has 10 heteroatoms. The first-order chi connectivity index (χ1) is 23.2. The second kappa shape index (κ2) is 13.6. The number of para-hydroxylation sites is 1. The Labute approximate surface area is 280 Å². The average molecular weight is 653 g/mol. The average Bonchev–Trinajstić information content (AvgIpc) is 3.31. The summed E-state index contributed by atoms with van der Waals surface area (Å²) in [7, 11) is 4.71. The lowest BCUT2D eigenvalue weighted by molar-refractivity contribution is -0.134. The molecule has 2 aliphatic rings. The van der Waals surface area contributed by atoms with Crippen LogP contribution in [0.5, 0.6) is 17.2 Å². The van der Waals surface area contributed by atoms with Crippen molar-refractivity contribution in [1.82, 2.24) is 15.2 Å². The van der Waals surface area contributed by atoms with Gasteiger partial charge < -0.3 is 34.7 Å². The van der Waals surface area contributed by atoms with E-state index in [0.717, 1.165) is 40.7 Å². The number of aryl methyl sites for hydroxylation is 1. The minimum absolute atomic E-state index is 0.0407. The molecule has 1 aliphatic carbocycles. The maximum Gasteiger partial charge on any atom is 0.245 e. The molecule has 2 heterocycles. The molecule has 3 aromatic carbocycles. The van der Waals surface area contributed by atoms with Crippen LogP contribution >= 0.6 is 0 Å². The van der Waals surface area contributed by atoms with Crippen LogP contribution in [0.2, 0.25) is 0 Å². The smallest absolute Gasteiger partial charge is 0.245 e. The van der Waals surface area contributed by atoms with Crippen LogP contribution in [0.4, 0.5) is 5.69 Å². The summed E-state index contributed by atoms with van der Waals surface area (Å²) in [5.74, 6) is 1.18. The molecule has 252 valence electrons. The molecule has 0 fully saturated rings. The number of carbonyl (C=O) groups excluding carboxylic acids is 2. The van der Waals surface area contributed by atoms with Gasteiger partial charge in [0.2, 0.25) is 23.0 Å². The lowest BCUT2D eigenvalue weighted by atomic mass is 9.95. The number of carbonyl (C=O) groups is 2. The number of H-pyrrole nitrogens is 1. The second-order valence-corrected chi connectivity index (χ2v) is 12.7. The summed E-state index contributed by atoms with van der Waals surface area (Å²) in [4.78, 5) is 46.0. The van der Waals surface area contributed by atoms with Crippen molar-refractivity contribution in [3.63, 3.8) is 0 Å². The van der Waals surface area contributed by atoms with Crippen molar-refractivity contribution in [1.29, 1.82) is 0 Å². The van der Waals surface area contributed by atoms with E-state index in [1.807, 2.05) is 43.0 Å². The van der Waals surface area contributed by atoms with Gasteiger partial charge in [0.05, 0.1) is 39.6 Å². The summed E-state index contributed by atoms with van der Waals surface area (Å²) >= 11 is 0. The van der Waals surface area contributed by atoms with E-state index in [1.54, 1.807) is 33.5 Å². The normalized spacial score (nSPS) is 16.5. The molecule has 3 unspecified atom stereocenters. The number of nitrogens with zero attached hydrogens (tertiary/aromatic N) is 1. The summed E-state index contributed by atoms with van der Waals surface area (Å²) in [6, 6.07) is 14.3. The third kappa shape index (κ3) is 5.95. The van der Waals surface area contributed by atoms with Gasteiger partial charge in [0.15, 0.2) is 11.5 Å². The molecule has 48 heavy (non-hydrogen) atoms. The largest absolute Gasteiger partial charge is 0.493 e. The number of anilines is 1. The van der Waals surface area contributed by atoms with Gasteiger partial charge in [-0.2, -0.15) is 0 Å². The number of amides is 2. The Kier molecular flexibility index (Phi) is 9.35. The van der Waals surface area contributed by atoms with Crippen LogP contribution in [0.3, 0.4) is 0 Å². The number of nitrogens with one attached hydrogen (secondary N) is 3. The van der Waals surface area contributed by atoms with Crippen LogP contribution in [0.15, 0.2) is 53.3 Å². The van der Waals surface area contributed by atoms with E-state index in [0.29, 0.717) is 54.4 Å². The number of aromatic amines is 1. The molecule has 4 aromatic rings. The summed E-state index contributed by atoms with van der Waals surface area (Å²) in [5, 5.41) is 7.63. The van der Waals surface area contributed by atoms with E-state index < -0.39 is 12.1 Å². The van der Waals surface area contributed by atoms with Gasteiger partial charge in [0.1, 0.15) is 6.04 Å². The Morgan fingerprint density at radius 2 is 1.79 bits per heavy atom. The second-order valence-electron chi connectivity index (χ2n) is 12.7. The number of methoxy groups -OCH3 is 3. The highest BCUT2D eigenvalue weighted by molar-refractivity contribution is 5.88. The highest BCUT2D eigenvalue weighted by Gasteiger charge is 2.33. The van der Waals surface area contributed by atoms with Gasteiger partial charge in [0, 0.05) is 35.6 Å². The van der Waals surface area contributed by atoms with Gasteiger partial charge in [0.25, 0.3) is 0 Å². The first kappa shape index (κ1) is 32.9. The van der Waals surface area contributed by atoms with Crippen molar-refractivity contribution in [2.75, 3.05) is 33.2 Å². The Bertz CT molecular complexity index is 1940. The molecule has 10 nitrogen and oxygen atoms in total. The molecular weight excluding hydrogens is 608 g/mol. The number of aromatic nitrogens is 1. The van der Waals surface area contributed by atoms with Gasteiger partial charge in [-0.3, -0.25) is 14.4 Å². The number of rotatable bonds is 9. The SMILES string of the molecule is CCC(C)C(Nc1ccc2c(cc1=O)C(NC(C)=O)CCc1cc(OC)c(OC)c(OC)c1-2)C(=O)N1CCc2c([nH]c3ccccc23)C1. The molecule has 0 spiro atoms. The fraction of sp³-hybridized carbons (Fsp3) is 0.395. The van der Waals surface area contributed by atoms with E-state index in [4.69, 9.17) is 14.2 Å². The molecule has 6 rings (SSSR count). The van der Waals surface area contributed by atoms with E-state index in [-0.39, 0.29) is 23.2 Å².